The Bertz CT molecular complexity index is 371. The highest BCUT2D eigenvalue weighted by molar-refractivity contribution is 5.58. The maximum Gasteiger partial charge on any atom is 0.142 e. The van der Waals surface area contributed by atoms with Crippen molar-refractivity contribution in [2.75, 3.05) is 38.3 Å². The van der Waals surface area contributed by atoms with Gasteiger partial charge < -0.3 is 20.1 Å². The summed E-state index contributed by atoms with van der Waals surface area (Å²) in [5.41, 5.74) is 1.16. The predicted molar refractivity (Wildman–Crippen MR) is 73.3 cm³/mol. The van der Waals surface area contributed by atoms with Gasteiger partial charge in [0.1, 0.15) is 5.75 Å². The van der Waals surface area contributed by atoms with Gasteiger partial charge in [0.15, 0.2) is 0 Å². The molecule has 0 aromatic heterocycles. The lowest BCUT2D eigenvalue weighted by molar-refractivity contribution is 0.278. The fourth-order valence-electron chi connectivity index (χ4n) is 2.52. The molecule has 1 saturated heterocycles. The van der Waals surface area contributed by atoms with E-state index in [-0.39, 0.29) is 6.61 Å². The van der Waals surface area contributed by atoms with E-state index in [9.17, 15) is 0 Å². The van der Waals surface area contributed by atoms with Crippen LogP contribution < -0.4 is 15.0 Å². The Labute approximate surface area is 109 Å². The number of ether oxygens (including phenoxy) is 1. The van der Waals surface area contributed by atoms with E-state index in [4.69, 9.17) is 9.84 Å². The summed E-state index contributed by atoms with van der Waals surface area (Å²) in [6.07, 6.45) is 2.34. The van der Waals surface area contributed by atoms with E-state index >= 15 is 0 Å². The summed E-state index contributed by atoms with van der Waals surface area (Å²) < 4.78 is 5.41. The number of aliphatic hydroxyl groups excluding tert-OH is 1. The van der Waals surface area contributed by atoms with Crippen LogP contribution >= 0.6 is 0 Å². The third-order valence-corrected chi connectivity index (χ3v) is 3.39. The molecule has 4 heteroatoms. The minimum absolute atomic E-state index is 0.200. The minimum atomic E-state index is 0.200. The SMILES string of the molecule is COc1ccccc1N1CCCC(NCCO)C1. The van der Waals surface area contributed by atoms with Crippen molar-refractivity contribution in [3.8, 4) is 5.75 Å². The van der Waals surface area contributed by atoms with Crippen LogP contribution in [0.5, 0.6) is 5.75 Å². The number of piperidine rings is 1. The summed E-state index contributed by atoms with van der Waals surface area (Å²) in [7, 11) is 1.71. The molecule has 1 aliphatic rings. The Kier molecular flexibility index (Phi) is 4.84. The fraction of sp³-hybridized carbons (Fsp3) is 0.571. The molecule has 18 heavy (non-hydrogen) atoms. The van der Waals surface area contributed by atoms with Gasteiger partial charge in [0.05, 0.1) is 19.4 Å². The minimum Gasteiger partial charge on any atom is -0.495 e. The van der Waals surface area contributed by atoms with E-state index in [1.54, 1.807) is 7.11 Å². The summed E-state index contributed by atoms with van der Waals surface area (Å²) in [6, 6.07) is 8.60. The standard InChI is InChI=1S/C14H22N2O2/c1-18-14-7-3-2-6-13(14)16-9-4-5-12(11-16)15-8-10-17/h2-3,6-7,12,15,17H,4-5,8-11H2,1H3. The van der Waals surface area contributed by atoms with Gasteiger partial charge in [-0.2, -0.15) is 0 Å². The molecule has 1 heterocycles. The van der Waals surface area contributed by atoms with Crippen molar-refractivity contribution < 1.29 is 9.84 Å². The number of nitrogens with one attached hydrogen (secondary N) is 1. The molecule has 1 unspecified atom stereocenters. The van der Waals surface area contributed by atoms with Crippen LogP contribution in [0.4, 0.5) is 5.69 Å². The van der Waals surface area contributed by atoms with Crippen molar-refractivity contribution in [1.82, 2.24) is 5.32 Å². The molecule has 0 bridgehead atoms. The van der Waals surface area contributed by atoms with Crippen molar-refractivity contribution in [1.29, 1.82) is 0 Å². The normalized spacial score (nSPS) is 19.9. The number of nitrogens with zero attached hydrogens (tertiary/aromatic N) is 1. The first-order chi connectivity index (χ1) is 8.85. The van der Waals surface area contributed by atoms with Crippen LogP contribution in [0.3, 0.4) is 0 Å². The highest BCUT2D eigenvalue weighted by Crippen LogP contribution is 2.29. The van der Waals surface area contributed by atoms with E-state index in [1.807, 2.05) is 18.2 Å². The number of rotatable bonds is 5. The topological polar surface area (TPSA) is 44.7 Å². The van der Waals surface area contributed by atoms with Crippen molar-refractivity contribution in [3.63, 3.8) is 0 Å². The summed E-state index contributed by atoms with van der Waals surface area (Å²) in [4.78, 5) is 2.36. The molecular weight excluding hydrogens is 228 g/mol. The lowest BCUT2D eigenvalue weighted by Crippen LogP contribution is -2.46. The number of aliphatic hydroxyl groups is 1. The van der Waals surface area contributed by atoms with E-state index in [0.717, 1.165) is 24.5 Å². The zero-order valence-electron chi connectivity index (χ0n) is 10.9. The number of methoxy groups -OCH3 is 1. The molecule has 0 amide bonds. The molecule has 0 aliphatic carbocycles. The Balaban J connectivity index is 2.03. The van der Waals surface area contributed by atoms with Crippen LogP contribution in [0.25, 0.3) is 0 Å². The Morgan fingerprint density at radius 3 is 3.06 bits per heavy atom. The second-order valence-corrected chi connectivity index (χ2v) is 4.63. The van der Waals surface area contributed by atoms with Crippen LogP contribution in [0.15, 0.2) is 24.3 Å². The molecule has 100 valence electrons. The van der Waals surface area contributed by atoms with Gasteiger partial charge in [-0.3, -0.25) is 0 Å². The quantitative estimate of drug-likeness (QED) is 0.825. The zero-order valence-corrected chi connectivity index (χ0v) is 10.9. The third kappa shape index (κ3) is 3.15. The molecule has 1 aliphatic heterocycles. The largest absolute Gasteiger partial charge is 0.495 e. The third-order valence-electron chi connectivity index (χ3n) is 3.39. The second-order valence-electron chi connectivity index (χ2n) is 4.63. The average Bonchev–Trinajstić information content (AvgIpc) is 2.45. The number of benzene rings is 1. The number of hydrogen-bond acceptors (Lipinski definition) is 4. The molecule has 2 N–H and O–H groups in total. The number of para-hydroxylation sites is 2. The van der Waals surface area contributed by atoms with E-state index in [0.29, 0.717) is 12.6 Å². The van der Waals surface area contributed by atoms with Crippen LogP contribution in [0, 0.1) is 0 Å². The molecular formula is C14H22N2O2. The van der Waals surface area contributed by atoms with E-state index in [1.165, 1.54) is 12.8 Å². The van der Waals surface area contributed by atoms with Gasteiger partial charge in [0.25, 0.3) is 0 Å². The van der Waals surface area contributed by atoms with Crippen LogP contribution in [0.2, 0.25) is 0 Å². The summed E-state index contributed by atoms with van der Waals surface area (Å²) >= 11 is 0. The predicted octanol–water partition coefficient (Wildman–Crippen LogP) is 1.25. The number of anilines is 1. The smallest absolute Gasteiger partial charge is 0.142 e. The van der Waals surface area contributed by atoms with Gasteiger partial charge in [0.2, 0.25) is 0 Å². The molecule has 4 nitrogen and oxygen atoms in total. The highest BCUT2D eigenvalue weighted by Gasteiger charge is 2.21. The van der Waals surface area contributed by atoms with Crippen molar-refractivity contribution in [2.24, 2.45) is 0 Å². The number of hydrogen-bond donors (Lipinski definition) is 2. The molecule has 1 atom stereocenters. The Hall–Kier alpha value is -1.26. The molecule has 2 rings (SSSR count). The van der Waals surface area contributed by atoms with E-state index in [2.05, 4.69) is 16.3 Å². The maximum atomic E-state index is 8.87. The van der Waals surface area contributed by atoms with Crippen molar-refractivity contribution in [3.05, 3.63) is 24.3 Å². The average molecular weight is 250 g/mol. The lowest BCUT2D eigenvalue weighted by atomic mass is 10.0. The monoisotopic (exact) mass is 250 g/mol. The van der Waals surface area contributed by atoms with Gasteiger partial charge in [-0.25, -0.2) is 0 Å². The lowest BCUT2D eigenvalue weighted by Gasteiger charge is -2.35. The first-order valence-electron chi connectivity index (χ1n) is 6.57. The first kappa shape index (κ1) is 13.2. The Morgan fingerprint density at radius 1 is 1.44 bits per heavy atom. The first-order valence-corrected chi connectivity index (χ1v) is 6.57. The van der Waals surface area contributed by atoms with Crippen LogP contribution in [-0.2, 0) is 0 Å². The summed E-state index contributed by atoms with van der Waals surface area (Å²) in [5, 5.41) is 12.2. The van der Waals surface area contributed by atoms with E-state index < -0.39 is 0 Å². The van der Waals surface area contributed by atoms with Crippen LogP contribution in [0.1, 0.15) is 12.8 Å². The van der Waals surface area contributed by atoms with Crippen molar-refractivity contribution in [2.45, 2.75) is 18.9 Å². The van der Waals surface area contributed by atoms with Gasteiger partial charge in [-0.05, 0) is 25.0 Å². The van der Waals surface area contributed by atoms with Gasteiger partial charge in [-0.1, -0.05) is 12.1 Å². The van der Waals surface area contributed by atoms with Crippen molar-refractivity contribution >= 4 is 5.69 Å². The second kappa shape index (κ2) is 6.61. The molecule has 1 fully saturated rings. The molecule has 1 aromatic carbocycles. The molecule has 0 radical (unpaired) electrons. The Morgan fingerprint density at radius 2 is 2.28 bits per heavy atom. The summed E-state index contributed by atoms with van der Waals surface area (Å²) in [5.74, 6) is 0.931. The van der Waals surface area contributed by atoms with Crippen LogP contribution in [-0.4, -0.2) is 44.5 Å². The molecule has 0 spiro atoms. The molecule has 1 aromatic rings. The van der Waals surface area contributed by atoms with Gasteiger partial charge >= 0.3 is 0 Å². The van der Waals surface area contributed by atoms with Gasteiger partial charge in [-0.15, -0.1) is 0 Å². The summed E-state index contributed by atoms with van der Waals surface area (Å²) in [6.45, 7) is 2.91. The maximum absolute atomic E-state index is 8.87. The zero-order chi connectivity index (χ0) is 12.8. The van der Waals surface area contributed by atoms with Gasteiger partial charge in [0, 0.05) is 25.7 Å². The molecule has 0 saturated carbocycles. The highest BCUT2D eigenvalue weighted by atomic mass is 16.5. The fourth-order valence-corrected chi connectivity index (χ4v) is 2.52.